The minimum atomic E-state index is -0.637. The average Bonchev–Trinajstić information content (AvgIpc) is 3.34. The quantitative estimate of drug-likeness (QED) is 0.453. The van der Waals surface area contributed by atoms with Crippen molar-refractivity contribution < 1.29 is 23.5 Å². The minimum Gasteiger partial charge on any atom is -0.494 e. The monoisotopic (exact) mass is 475 g/mol. The highest BCUT2D eigenvalue weighted by Gasteiger charge is 2.33. The Balaban J connectivity index is 1.39. The fourth-order valence-corrected chi connectivity index (χ4v) is 3.88. The largest absolute Gasteiger partial charge is 0.494 e. The Kier molecular flexibility index (Phi) is 7.40. The Morgan fingerprint density at radius 1 is 1.06 bits per heavy atom. The van der Waals surface area contributed by atoms with Gasteiger partial charge in [-0.05, 0) is 35.4 Å². The molecule has 0 radical (unpaired) electrons. The molecule has 1 atom stereocenters. The lowest BCUT2D eigenvalue weighted by Gasteiger charge is -2.23. The van der Waals surface area contributed by atoms with Crippen molar-refractivity contribution in [2.75, 3.05) is 25.8 Å². The number of ether oxygens (including phenoxy) is 2. The zero-order valence-electron chi connectivity index (χ0n) is 19.6. The van der Waals surface area contributed by atoms with Gasteiger partial charge in [-0.3, -0.25) is 9.80 Å². The molecule has 35 heavy (non-hydrogen) atoms. The molecule has 8 heteroatoms. The van der Waals surface area contributed by atoms with Gasteiger partial charge in [-0.2, -0.15) is 5.10 Å². The van der Waals surface area contributed by atoms with Crippen molar-refractivity contribution in [3.8, 4) is 5.75 Å². The van der Waals surface area contributed by atoms with Crippen LogP contribution in [0, 0.1) is 5.82 Å². The van der Waals surface area contributed by atoms with E-state index in [1.807, 2.05) is 60.7 Å². The molecule has 180 valence electrons. The van der Waals surface area contributed by atoms with Crippen LogP contribution in [0.3, 0.4) is 0 Å². The number of halogens is 1. The van der Waals surface area contributed by atoms with Crippen molar-refractivity contribution >= 4 is 23.3 Å². The summed E-state index contributed by atoms with van der Waals surface area (Å²) >= 11 is 0. The minimum absolute atomic E-state index is 0.132. The van der Waals surface area contributed by atoms with E-state index in [1.165, 1.54) is 24.1 Å². The molecule has 7 nitrogen and oxygen atoms in total. The molecule has 3 aromatic carbocycles. The van der Waals surface area contributed by atoms with Crippen molar-refractivity contribution in [1.29, 1.82) is 0 Å². The van der Waals surface area contributed by atoms with Crippen LogP contribution in [0.5, 0.6) is 5.75 Å². The number of likely N-dealkylation sites (N-methyl/N-ethyl adjacent to an activating group) is 1. The standard InChI is InChI=1S/C27H26FN3O4/c1-30(17-19-13-14-25(34-2)22(28)15-19)26(32)18-35-27(33)23-16-24(20-9-5-3-6-10-20)31(29-23)21-11-7-4-8-12-21/h3-15,24H,16-18H2,1-2H3. The number of rotatable bonds is 8. The fraction of sp³-hybridized carbons (Fsp3) is 0.222. The summed E-state index contributed by atoms with van der Waals surface area (Å²) in [6, 6.07) is 23.7. The Labute approximate surface area is 203 Å². The second-order valence-corrected chi connectivity index (χ2v) is 8.15. The number of carbonyl (C=O) groups excluding carboxylic acids is 2. The van der Waals surface area contributed by atoms with Gasteiger partial charge in [-0.25, -0.2) is 9.18 Å². The maximum absolute atomic E-state index is 13.9. The number of hydrogen-bond acceptors (Lipinski definition) is 6. The number of nitrogens with zero attached hydrogens (tertiary/aromatic N) is 3. The summed E-state index contributed by atoms with van der Waals surface area (Å²) in [5.74, 6) is -1.42. The molecule has 0 spiro atoms. The predicted molar refractivity (Wildman–Crippen MR) is 131 cm³/mol. The zero-order chi connectivity index (χ0) is 24.8. The molecule has 1 unspecified atom stereocenters. The molecule has 4 rings (SSSR count). The molecule has 0 saturated carbocycles. The van der Waals surface area contributed by atoms with Crippen molar-refractivity contribution in [3.63, 3.8) is 0 Å². The van der Waals surface area contributed by atoms with E-state index in [-0.39, 0.29) is 24.0 Å². The van der Waals surface area contributed by atoms with E-state index in [1.54, 1.807) is 18.1 Å². The van der Waals surface area contributed by atoms with Gasteiger partial charge < -0.3 is 14.4 Å². The molecule has 1 amide bonds. The zero-order valence-corrected chi connectivity index (χ0v) is 19.6. The van der Waals surface area contributed by atoms with Crippen LogP contribution in [-0.4, -0.2) is 43.3 Å². The third-order valence-electron chi connectivity index (χ3n) is 5.74. The number of carbonyl (C=O) groups is 2. The Morgan fingerprint density at radius 3 is 2.40 bits per heavy atom. The van der Waals surface area contributed by atoms with E-state index in [2.05, 4.69) is 5.10 Å². The molecular formula is C27H26FN3O4. The van der Waals surface area contributed by atoms with E-state index in [9.17, 15) is 14.0 Å². The maximum Gasteiger partial charge on any atom is 0.355 e. The van der Waals surface area contributed by atoms with Crippen LogP contribution in [0.25, 0.3) is 0 Å². The van der Waals surface area contributed by atoms with Crippen molar-refractivity contribution in [2.24, 2.45) is 5.10 Å². The van der Waals surface area contributed by atoms with Gasteiger partial charge in [0.05, 0.1) is 18.8 Å². The summed E-state index contributed by atoms with van der Waals surface area (Å²) in [7, 11) is 2.95. The Hall–Kier alpha value is -4.20. The first-order chi connectivity index (χ1) is 17.0. The van der Waals surface area contributed by atoms with E-state index in [0.29, 0.717) is 12.0 Å². The molecule has 0 bridgehead atoms. The second kappa shape index (κ2) is 10.8. The number of para-hydroxylation sites is 1. The average molecular weight is 476 g/mol. The van der Waals surface area contributed by atoms with E-state index in [0.717, 1.165) is 11.3 Å². The number of anilines is 1. The lowest BCUT2D eigenvalue weighted by molar-refractivity contribution is -0.146. The fourth-order valence-electron chi connectivity index (χ4n) is 3.88. The van der Waals surface area contributed by atoms with Crippen LogP contribution in [-0.2, 0) is 20.9 Å². The second-order valence-electron chi connectivity index (χ2n) is 8.15. The number of benzene rings is 3. The molecule has 3 aromatic rings. The molecule has 1 aliphatic rings. The van der Waals surface area contributed by atoms with Crippen molar-refractivity contribution in [1.82, 2.24) is 4.90 Å². The lowest BCUT2D eigenvalue weighted by atomic mass is 10.0. The first-order valence-electron chi connectivity index (χ1n) is 11.2. The van der Waals surface area contributed by atoms with E-state index < -0.39 is 24.3 Å². The normalized spacial score (nSPS) is 14.9. The molecule has 0 saturated heterocycles. The Bertz CT molecular complexity index is 1220. The summed E-state index contributed by atoms with van der Waals surface area (Å²) in [6.45, 7) is -0.273. The van der Waals surface area contributed by atoms with Gasteiger partial charge in [-0.15, -0.1) is 0 Å². The van der Waals surface area contributed by atoms with Gasteiger partial charge in [0.1, 0.15) is 5.71 Å². The SMILES string of the molecule is COc1ccc(CN(C)C(=O)COC(=O)C2=NN(c3ccccc3)C(c3ccccc3)C2)cc1F. The number of methoxy groups -OCH3 is 1. The third kappa shape index (κ3) is 5.66. The first kappa shape index (κ1) is 23.9. The van der Waals surface area contributed by atoms with Crippen LogP contribution in [0.1, 0.15) is 23.6 Å². The van der Waals surface area contributed by atoms with Crippen LogP contribution in [0.4, 0.5) is 10.1 Å². The highest BCUT2D eigenvalue weighted by atomic mass is 19.1. The van der Waals surface area contributed by atoms with Gasteiger partial charge in [0, 0.05) is 20.0 Å². The van der Waals surface area contributed by atoms with Crippen LogP contribution in [0.2, 0.25) is 0 Å². The van der Waals surface area contributed by atoms with Crippen LogP contribution in [0.15, 0.2) is 84.0 Å². The number of hydrogen-bond donors (Lipinski definition) is 0. The highest BCUT2D eigenvalue weighted by molar-refractivity contribution is 6.37. The molecule has 1 aliphatic heterocycles. The molecular weight excluding hydrogens is 449 g/mol. The Morgan fingerprint density at radius 2 is 1.74 bits per heavy atom. The summed E-state index contributed by atoms with van der Waals surface area (Å²) in [5.41, 5.74) is 2.71. The summed E-state index contributed by atoms with van der Waals surface area (Å²) in [4.78, 5) is 26.7. The lowest BCUT2D eigenvalue weighted by Crippen LogP contribution is -2.32. The summed E-state index contributed by atoms with van der Waals surface area (Å²) < 4.78 is 24.1. The van der Waals surface area contributed by atoms with Gasteiger partial charge in [0.25, 0.3) is 5.91 Å². The molecule has 0 fully saturated rings. The van der Waals surface area contributed by atoms with Crippen LogP contribution < -0.4 is 9.75 Å². The number of esters is 1. The first-order valence-corrected chi connectivity index (χ1v) is 11.2. The molecule has 1 heterocycles. The maximum atomic E-state index is 13.9. The molecule has 0 aromatic heterocycles. The highest BCUT2D eigenvalue weighted by Crippen LogP contribution is 2.35. The van der Waals surface area contributed by atoms with Gasteiger partial charge in [0.15, 0.2) is 18.2 Å². The predicted octanol–water partition coefficient (Wildman–Crippen LogP) is 4.34. The topological polar surface area (TPSA) is 71.4 Å². The summed E-state index contributed by atoms with van der Waals surface area (Å²) in [6.07, 6.45) is 0.354. The smallest absolute Gasteiger partial charge is 0.355 e. The van der Waals surface area contributed by atoms with Gasteiger partial charge >= 0.3 is 5.97 Å². The van der Waals surface area contributed by atoms with Crippen molar-refractivity contribution in [3.05, 3.63) is 95.8 Å². The van der Waals surface area contributed by atoms with E-state index in [4.69, 9.17) is 9.47 Å². The van der Waals surface area contributed by atoms with Gasteiger partial charge in [-0.1, -0.05) is 54.6 Å². The molecule has 0 N–H and O–H groups in total. The van der Waals surface area contributed by atoms with Gasteiger partial charge in [0.2, 0.25) is 0 Å². The number of hydrazone groups is 1. The van der Waals surface area contributed by atoms with Crippen molar-refractivity contribution in [2.45, 2.75) is 19.0 Å². The van der Waals surface area contributed by atoms with Crippen LogP contribution >= 0.6 is 0 Å². The molecule has 0 aliphatic carbocycles. The summed E-state index contributed by atoms with van der Waals surface area (Å²) in [5, 5.41) is 6.33. The van der Waals surface area contributed by atoms with E-state index >= 15 is 0 Å². The third-order valence-corrected chi connectivity index (χ3v) is 5.74. The number of amides is 1.